The van der Waals surface area contributed by atoms with E-state index in [1.165, 1.54) is 17.0 Å². The van der Waals surface area contributed by atoms with E-state index >= 15 is 0 Å². The number of benzene rings is 1. The Morgan fingerprint density at radius 2 is 1.88 bits per heavy atom. The van der Waals surface area contributed by atoms with Gasteiger partial charge in [-0.1, -0.05) is 18.6 Å². The monoisotopic (exact) mass is 556 g/mol. The summed E-state index contributed by atoms with van der Waals surface area (Å²) < 4.78 is 61.1. The maximum absolute atomic E-state index is 14.2. The molecule has 0 bridgehead atoms. The number of nitrogens with zero attached hydrogens (tertiary/aromatic N) is 6. The van der Waals surface area contributed by atoms with Crippen molar-refractivity contribution in [2.75, 3.05) is 13.1 Å². The predicted molar refractivity (Wildman–Crippen MR) is 142 cm³/mol. The van der Waals surface area contributed by atoms with Gasteiger partial charge in [-0.25, -0.2) is 9.18 Å². The molecule has 212 valence electrons. The number of piperidine rings is 1. The van der Waals surface area contributed by atoms with Gasteiger partial charge in [0.15, 0.2) is 0 Å². The third kappa shape index (κ3) is 4.95. The van der Waals surface area contributed by atoms with Gasteiger partial charge in [0, 0.05) is 45.0 Å². The topological polar surface area (TPSA) is 60.4 Å². The molecule has 1 saturated heterocycles. The van der Waals surface area contributed by atoms with Crippen LogP contribution >= 0.6 is 0 Å². The van der Waals surface area contributed by atoms with Crippen LogP contribution < -0.4 is 5.69 Å². The molecular formula is C29H32F4N6O. The van der Waals surface area contributed by atoms with Crippen LogP contribution in [0.5, 0.6) is 0 Å². The van der Waals surface area contributed by atoms with Crippen LogP contribution in [0.25, 0.3) is 11.2 Å². The molecule has 1 unspecified atom stereocenters. The molecule has 3 aromatic heterocycles. The van der Waals surface area contributed by atoms with Gasteiger partial charge in [0.1, 0.15) is 17.8 Å². The highest BCUT2D eigenvalue weighted by Gasteiger charge is 2.36. The second-order valence-electron chi connectivity index (χ2n) is 11.5. The SMILES string of the molecule is Cn1cnnc1C(c1cccc(-n2cc3c(C(F)(F)F)cc(CN4CCC(C)(F)CC4)cn3c2=O)c1)C1CCC1. The fourth-order valence-electron chi connectivity index (χ4n) is 6.03. The number of halogens is 4. The first-order valence-corrected chi connectivity index (χ1v) is 13.7. The van der Waals surface area contributed by atoms with Gasteiger partial charge in [-0.2, -0.15) is 13.2 Å². The number of pyridine rings is 1. The van der Waals surface area contributed by atoms with Crippen molar-refractivity contribution in [2.24, 2.45) is 13.0 Å². The zero-order valence-electron chi connectivity index (χ0n) is 22.5. The van der Waals surface area contributed by atoms with E-state index in [4.69, 9.17) is 0 Å². The Hall–Kier alpha value is -3.47. The van der Waals surface area contributed by atoms with Crippen LogP contribution in [0.15, 0.2) is 53.8 Å². The number of likely N-dealkylation sites (tertiary alicyclic amines) is 1. The summed E-state index contributed by atoms with van der Waals surface area (Å²) in [5.74, 6) is 1.18. The molecule has 0 amide bonds. The van der Waals surface area contributed by atoms with E-state index < -0.39 is 23.1 Å². The van der Waals surface area contributed by atoms with Gasteiger partial charge in [-0.05, 0) is 67.9 Å². The van der Waals surface area contributed by atoms with Crippen LogP contribution in [0.1, 0.15) is 67.5 Å². The molecule has 1 aliphatic heterocycles. The molecule has 1 aromatic carbocycles. The molecular weight excluding hydrogens is 524 g/mol. The first kappa shape index (κ1) is 26.7. The molecule has 1 atom stereocenters. The third-order valence-electron chi connectivity index (χ3n) is 8.59. The summed E-state index contributed by atoms with van der Waals surface area (Å²) in [4.78, 5) is 15.5. The average molecular weight is 557 g/mol. The highest BCUT2D eigenvalue weighted by atomic mass is 19.4. The zero-order valence-corrected chi connectivity index (χ0v) is 22.5. The smallest absolute Gasteiger partial charge is 0.320 e. The standard InChI is InChI=1S/C29H32F4N6O/c1-28(30)9-11-37(12-10-28)15-19-13-23(29(31,32)33)24-17-38(27(40)39(24)16-19)22-8-4-7-21(14-22)25(20-5-3-6-20)26-35-34-18-36(26)2/h4,7-8,13-14,16-18,20,25H,3,5-6,9-12,15H2,1-2H3. The lowest BCUT2D eigenvalue weighted by molar-refractivity contribution is -0.136. The summed E-state index contributed by atoms with van der Waals surface area (Å²) in [6, 6.07) is 8.51. The van der Waals surface area contributed by atoms with Crippen molar-refractivity contribution in [3.8, 4) is 5.69 Å². The second-order valence-corrected chi connectivity index (χ2v) is 11.5. The fourth-order valence-corrected chi connectivity index (χ4v) is 6.03. The van der Waals surface area contributed by atoms with Crippen LogP contribution in [0.2, 0.25) is 0 Å². The van der Waals surface area contributed by atoms with Gasteiger partial charge in [0.2, 0.25) is 0 Å². The molecule has 0 spiro atoms. The van der Waals surface area contributed by atoms with E-state index in [1.807, 2.05) is 34.7 Å². The van der Waals surface area contributed by atoms with Crippen molar-refractivity contribution >= 4 is 5.52 Å². The summed E-state index contributed by atoms with van der Waals surface area (Å²) >= 11 is 0. The number of rotatable bonds is 6. The molecule has 1 aliphatic carbocycles. The number of imidazole rings is 1. The molecule has 0 radical (unpaired) electrons. The summed E-state index contributed by atoms with van der Waals surface area (Å²) in [6.45, 7) is 2.66. The maximum Gasteiger partial charge on any atom is 0.418 e. The van der Waals surface area contributed by atoms with Crippen molar-refractivity contribution < 1.29 is 17.6 Å². The van der Waals surface area contributed by atoms with Crippen molar-refractivity contribution in [3.63, 3.8) is 0 Å². The van der Waals surface area contributed by atoms with Crippen LogP contribution in [0, 0.1) is 5.92 Å². The quantitative estimate of drug-likeness (QED) is 0.295. The molecule has 4 aromatic rings. The van der Waals surface area contributed by atoms with E-state index in [-0.39, 0.29) is 18.0 Å². The Balaban J connectivity index is 1.40. The molecule has 2 aliphatic rings. The summed E-state index contributed by atoms with van der Waals surface area (Å²) in [6.07, 6.45) is 3.64. The lowest BCUT2D eigenvalue weighted by Gasteiger charge is -2.34. The Bertz CT molecular complexity index is 1590. The minimum atomic E-state index is -4.65. The number of hydrogen-bond acceptors (Lipinski definition) is 4. The number of aryl methyl sites for hydroxylation is 1. The van der Waals surface area contributed by atoms with E-state index in [0.29, 0.717) is 43.1 Å². The average Bonchev–Trinajstić information content (AvgIpc) is 3.44. The molecule has 40 heavy (non-hydrogen) atoms. The molecule has 6 rings (SSSR count). The fraction of sp³-hybridized carbons (Fsp3) is 0.483. The first-order valence-electron chi connectivity index (χ1n) is 13.7. The summed E-state index contributed by atoms with van der Waals surface area (Å²) in [5, 5.41) is 8.39. The van der Waals surface area contributed by atoms with E-state index in [2.05, 4.69) is 10.2 Å². The minimum Gasteiger partial charge on any atom is -0.320 e. The number of aromatic nitrogens is 5. The van der Waals surface area contributed by atoms with Gasteiger partial charge in [-0.3, -0.25) is 13.9 Å². The minimum absolute atomic E-state index is 0.0259. The van der Waals surface area contributed by atoms with Gasteiger partial charge in [0.25, 0.3) is 0 Å². The molecule has 11 heteroatoms. The third-order valence-corrected chi connectivity index (χ3v) is 8.59. The van der Waals surface area contributed by atoms with Crippen molar-refractivity contribution in [3.05, 3.63) is 82.1 Å². The lowest BCUT2D eigenvalue weighted by atomic mass is 9.72. The molecule has 7 nitrogen and oxygen atoms in total. The van der Waals surface area contributed by atoms with Gasteiger partial charge < -0.3 is 4.57 Å². The van der Waals surface area contributed by atoms with Crippen molar-refractivity contribution in [1.82, 2.24) is 28.6 Å². The van der Waals surface area contributed by atoms with Gasteiger partial charge in [-0.15, -0.1) is 10.2 Å². The highest BCUT2D eigenvalue weighted by Crippen LogP contribution is 2.43. The van der Waals surface area contributed by atoms with Crippen LogP contribution in [-0.2, 0) is 19.8 Å². The van der Waals surface area contributed by atoms with Crippen LogP contribution in [0.4, 0.5) is 17.6 Å². The zero-order chi connectivity index (χ0) is 28.2. The molecule has 0 N–H and O–H groups in total. The van der Waals surface area contributed by atoms with Crippen LogP contribution in [-0.4, -0.2) is 47.4 Å². The van der Waals surface area contributed by atoms with E-state index in [9.17, 15) is 22.4 Å². The van der Waals surface area contributed by atoms with Gasteiger partial charge in [0.05, 0.1) is 16.8 Å². The number of alkyl halides is 4. The number of hydrogen-bond donors (Lipinski definition) is 0. The van der Waals surface area contributed by atoms with Gasteiger partial charge >= 0.3 is 11.9 Å². The largest absolute Gasteiger partial charge is 0.418 e. The Morgan fingerprint density at radius 1 is 1.12 bits per heavy atom. The molecule has 4 heterocycles. The van der Waals surface area contributed by atoms with Crippen LogP contribution in [0.3, 0.4) is 0 Å². The number of fused-ring (bicyclic) bond motifs is 1. The Kier molecular flexibility index (Phi) is 6.59. The lowest BCUT2D eigenvalue weighted by Crippen LogP contribution is -2.39. The highest BCUT2D eigenvalue weighted by molar-refractivity contribution is 5.58. The Morgan fingerprint density at radius 3 is 2.50 bits per heavy atom. The van der Waals surface area contributed by atoms with Crippen molar-refractivity contribution in [1.29, 1.82) is 0 Å². The second kappa shape index (κ2) is 9.87. The van der Waals surface area contributed by atoms with E-state index in [0.717, 1.165) is 41.1 Å². The predicted octanol–water partition coefficient (Wildman–Crippen LogP) is 5.49. The normalized spacial score (nSPS) is 19.1. The Labute approximate surface area is 229 Å². The molecule has 2 fully saturated rings. The summed E-state index contributed by atoms with van der Waals surface area (Å²) in [7, 11) is 1.90. The summed E-state index contributed by atoms with van der Waals surface area (Å²) in [5.41, 5.74) is -1.10. The molecule has 1 saturated carbocycles. The van der Waals surface area contributed by atoms with E-state index in [1.54, 1.807) is 19.3 Å². The first-order chi connectivity index (χ1) is 19.0. The van der Waals surface area contributed by atoms with Crippen molar-refractivity contribution in [2.45, 2.75) is 63.3 Å². The maximum atomic E-state index is 14.2.